The van der Waals surface area contributed by atoms with E-state index in [9.17, 15) is 14.7 Å². The van der Waals surface area contributed by atoms with Crippen LogP contribution >= 0.6 is 0 Å². The van der Waals surface area contributed by atoms with E-state index in [0.29, 0.717) is 30.2 Å². The van der Waals surface area contributed by atoms with Gasteiger partial charge in [-0.25, -0.2) is 0 Å². The van der Waals surface area contributed by atoms with Crippen molar-refractivity contribution in [2.75, 3.05) is 18.1 Å². The molecule has 3 aromatic rings. The lowest BCUT2D eigenvalue weighted by atomic mass is 9.92. The van der Waals surface area contributed by atoms with Crippen LogP contribution in [0.4, 0.5) is 5.69 Å². The number of hydrogen-bond acceptors (Lipinski definition) is 5. The summed E-state index contributed by atoms with van der Waals surface area (Å²) in [5, 5.41) is 11.6. The van der Waals surface area contributed by atoms with Crippen molar-refractivity contribution in [1.82, 2.24) is 0 Å². The van der Waals surface area contributed by atoms with Gasteiger partial charge in [-0.3, -0.25) is 14.5 Å². The van der Waals surface area contributed by atoms with E-state index in [1.807, 2.05) is 65.0 Å². The van der Waals surface area contributed by atoms with Crippen molar-refractivity contribution in [3.05, 3.63) is 94.6 Å². The molecule has 6 heteroatoms. The Morgan fingerprint density at radius 3 is 2.35 bits per heavy atom. The second kappa shape index (κ2) is 10.9. The van der Waals surface area contributed by atoms with Gasteiger partial charge < -0.3 is 14.6 Å². The van der Waals surface area contributed by atoms with Crippen molar-refractivity contribution in [2.24, 2.45) is 0 Å². The first kappa shape index (κ1) is 26.0. The van der Waals surface area contributed by atoms with Crippen molar-refractivity contribution >= 4 is 23.1 Å². The number of amides is 1. The number of anilines is 1. The number of aliphatic hydroxyl groups excluding tert-OH is 1. The smallest absolute Gasteiger partial charge is 0.300 e. The number of rotatable bonds is 8. The normalized spacial score (nSPS) is 16.9. The number of Topliss-reactive ketones (excluding diaryl/α,β-unsaturated/α-hetero) is 1. The molecular weight excluding hydrogens is 466 g/mol. The van der Waals surface area contributed by atoms with Crippen LogP contribution in [0.5, 0.6) is 11.5 Å². The van der Waals surface area contributed by atoms with E-state index in [2.05, 4.69) is 0 Å². The zero-order chi connectivity index (χ0) is 26.7. The maximum Gasteiger partial charge on any atom is 0.300 e. The van der Waals surface area contributed by atoms with Crippen LogP contribution < -0.4 is 14.4 Å². The molecular formula is C31H33NO5. The average Bonchev–Trinajstić information content (AvgIpc) is 3.14. The van der Waals surface area contributed by atoms with Crippen LogP contribution in [-0.2, 0) is 9.59 Å². The van der Waals surface area contributed by atoms with Gasteiger partial charge in [-0.2, -0.15) is 0 Å². The van der Waals surface area contributed by atoms with Gasteiger partial charge in [0.15, 0.2) is 0 Å². The molecule has 0 saturated carbocycles. The molecule has 192 valence electrons. The lowest BCUT2D eigenvalue weighted by molar-refractivity contribution is -0.132. The third-order valence-corrected chi connectivity index (χ3v) is 6.41. The fourth-order valence-electron chi connectivity index (χ4n) is 4.73. The summed E-state index contributed by atoms with van der Waals surface area (Å²) in [5.74, 6) is -0.179. The van der Waals surface area contributed by atoms with Gasteiger partial charge in [0.05, 0.1) is 24.8 Å². The number of ether oxygens (including phenoxy) is 2. The minimum atomic E-state index is -0.800. The number of hydrogen-bond donors (Lipinski definition) is 1. The van der Waals surface area contributed by atoms with Crippen LogP contribution in [-0.4, -0.2) is 30.0 Å². The van der Waals surface area contributed by atoms with Crippen LogP contribution in [0.1, 0.15) is 61.9 Å². The molecule has 1 atom stereocenters. The molecule has 0 spiro atoms. The van der Waals surface area contributed by atoms with Crippen LogP contribution in [0.25, 0.3) is 5.76 Å². The number of aliphatic hydroxyl groups is 1. The summed E-state index contributed by atoms with van der Waals surface area (Å²) in [7, 11) is 0. The molecule has 37 heavy (non-hydrogen) atoms. The molecule has 0 aromatic heterocycles. The Morgan fingerprint density at radius 2 is 1.68 bits per heavy atom. The second-order valence-corrected chi connectivity index (χ2v) is 9.35. The van der Waals surface area contributed by atoms with E-state index in [1.165, 1.54) is 4.90 Å². The Labute approximate surface area is 218 Å². The molecule has 1 fully saturated rings. The van der Waals surface area contributed by atoms with E-state index >= 15 is 0 Å². The van der Waals surface area contributed by atoms with Crippen molar-refractivity contribution in [3.63, 3.8) is 0 Å². The second-order valence-electron chi connectivity index (χ2n) is 9.35. The monoisotopic (exact) mass is 499 g/mol. The summed E-state index contributed by atoms with van der Waals surface area (Å²) in [6.07, 6.45) is 0. The van der Waals surface area contributed by atoms with E-state index in [0.717, 1.165) is 22.4 Å². The molecule has 1 amide bonds. The Balaban J connectivity index is 1.93. The predicted molar refractivity (Wildman–Crippen MR) is 145 cm³/mol. The first-order valence-electron chi connectivity index (χ1n) is 12.6. The van der Waals surface area contributed by atoms with Gasteiger partial charge in [-0.05, 0) is 68.1 Å². The van der Waals surface area contributed by atoms with Crippen molar-refractivity contribution in [3.8, 4) is 11.5 Å². The largest absolute Gasteiger partial charge is 0.507 e. The molecule has 1 aliphatic rings. The maximum atomic E-state index is 13.5. The minimum absolute atomic E-state index is 0.0521. The highest BCUT2D eigenvalue weighted by atomic mass is 16.5. The van der Waals surface area contributed by atoms with Gasteiger partial charge in [-0.15, -0.1) is 0 Å². The number of ketones is 1. The third-order valence-electron chi connectivity index (χ3n) is 6.41. The van der Waals surface area contributed by atoms with Crippen molar-refractivity contribution < 1.29 is 24.2 Å². The molecule has 4 rings (SSSR count). The van der Waals surface area contributed by atoms with Gasteiger partial charge in [0.25, 0.3) is 11.7 Å². The van der Waals surface area contributed by atoms with Crippen LogP contribution in [0.3, 0.4) is 0 Å². The average molecular weight is 500 g/mol. The molecule has 1 unspecified atom stereocenters. The summed E-state index contributed by atoms with van der Waals surface area (Å²) in [4.78, 5) is 28.4. The van der Waals surface area contributed by atoms with E-state index in [1.54, 1.807) is 36.4 Å². The summed E-state index contributed by atoms with van der Waals surface area (Å²) < 4.78 is 11.4. The fraction of sp³-hybridized carbons (Fsp3) is 0.290. The highest BCUT2D eigenvalue weighted by Gasteiger charge is 2.47. The first-order chi connectivity index (χ1) is 17.8. The number of carbonyl (C=O) groups excluding carboxylic acids is 2. The molecule has 1 saturated heterocycles. The molecule has 1 heterocycles. The SMILES string of the molecule is CCOc1cccc(N2C(=O)C(=O)/C(=C(\O)c3ccc(OCC)c(C(C)C)c3)C2c2cccc(C)c2)c1. The predicted octanol–water partition coefficient (Wildman–Crippen LogP) is 6.54. The van der Waals surface area contributed by atoms with Crippen LogP contribution in [0.2, 0.25) is 0 Å². The number of benzene rings is 3. The first-order valence-corrected chi connectivity index (χ1v) is 12.6. The standard InChI is InChI=1S/C31H33NO5/c1-6-36-24-13-9-12-23(18-24)32-28(21-11-8-10-20(5)16-21)27(30(34)31(32)35)29(33)22-14-15-26(37-7-2)25(17-22)19(3)4/h8-19,28,33H,6-7H2,1-5H3/b29-27-. The summed E-state index contributed by atoms with van der Waals surface area (Å²) in [6, 6.07) is 19.3. The van der Waals surface area contributed by atoms with Crippen LogP contribution in [0.15, 0.2) is 72.3 Å². The van der Waals surface area contributed by atoms with Crippen LogP contribution in [0, 0.1) is 6.92 Å². The third kappa shape index (κ3) is 5.10. The van der Waals surface area contributed by atoms with Gasteiger partial charge >= 0.3 is 0 Å². The fourth-order valence-corrected chi connectivity index (χ4v) is 4.73. The zero-order valence-electron chi connectivity index (χ0n) is 21.9. The summed E-state index contributed by atoms with van der Waals surface area (Å²) >= 11 is 0. The number of carbonyl (C=O) groups is 2. The Hall–Kier alpha value is -4.06. The Bertz CT molecular complexity index is 1360. The molecule has 0 bridgehead atoms. The molecule has 3 aromatic carbocycles. The topological polar surface area (TPSA) is 76.1 Å². The lowest BCUT2D eigenvalue weighted by Crippen LogP contribution is -2.29. The maximum absolute atomic E-state index is 13.5. The van der Waals surface area contributed by atoms with Gasteiger partial charge in [0.1, 0.15) is 17.3 Å². The van der Waals surface area contributed by atoms with E-state index in [-0.39, 0.29) is 17.3 Å². The quantitative estimate of drug-likeness (QED) is 0.216. The summed E-state index contributed by atoms with van der Waals surface area (Å²) in [6.45, 7) is 10.8. The van der Waals surface area contributed by atoms with Crippen molar-refractivity contribution in [2.45, 2.75) is 46.6 Å². The Kier molecular flexibility index (Phi) is 7.67. The van der Waals surface area contributed by atoms with E-state index < -0.39 is 17.7 Å². The zero-order valence-corrected chi connectivity index (χ0v) is 21.9. The summed E-state index contributed by atoms with van der Waals surface area (Å²) in [5.41, 5.74) is 3.67. The molecule has 0 radical (unpaired) electrons. The van der Waals surface area contributed by atoms with E-state index in [4.69, 9.17) is 9.47 Å². The lowest BCUT2D eigenvalue weighted by Gasteiger charge is -2.26. The highest BCUT2D eigenvalue weighted by molar-refractivity contribution is 6.51. The van der Waals surface area contributed by atoms with Gasteiger partial charge in [0, 0.05) is 17.3 Å². The molecule has 0 aliphatic carbocycles. The Morgan fingerprint density at radius 1 is 0.946 bits per heavy atom. The van der Waals surface area contributed by atoms with Gasteiger partial charge in [-0.1, -0.05) is 49.7 Å². The molecule has 1 N–H and O–H groups in total. The van der Waals surface area contributed by atoms with Gasteiger partial charge in [0.2, 0.25) is 0 Å². The number of aryl methyl sites for hydroxylation is 1. The minimum Gasteiger partial charge on any atom is -0.507 e. The molecule has 1 aliphatic heterocycles. The highest BCUT2D eigenvalue weighted by Crippen LogP contribution is 2.43. The number of nitrogens with zero attached hydrogens (tertiary/aromatic N) is 1. The molecule has 6 nitrogen and oxygen atoms in total. The van der Waals surface area contributed by atoms with Crippen molar-refractivity contribution in [1.29, 1.82) is 0 Å².